The number of rotatable bonds is 12. The molecule has 2 saturated heterocycles. The van der Waals surface area contributed by atoms with E-state index in [9.17, 15) is 73.7 Å². The molecule has 9 amide bonds. The van der Waals surface area contributed by atoms with Crippen molar-refractivity contribution >= 4 is 64.5 Å². The molecule has 0 aromatic heterocycles. The topological polar surface area (TPSA) is 403 Å². The maximum atomic E-state index is 14.2. The fraction of sp³-hybridized carbons (Fsp3) is 0.605. The molecule has 2 fully saturated rings. The number of nitrogens with two attached hydrogens (primary N) is 1. The van der Waals surface area contributed by atoms with Crippen LogP contribution in [0.25, 0.3) is 0 Å². The van der Waals surface area contributed by atoms with Gasteiger partial charge in [-0.1, -0.05) is 27.2 Å². The van der Waals surface area contributed by atoms with Crippen molar-refractivity contribution in [3.8, 4) is 5.75 Å². The largest absolute Gasteiger partial charge is 0.502 e. The number of carbonyl (C=O) groups excluding carboxylic acids is 9. The Balaban J connectivity index is 2.11. The molecule has 0 bridgehead atoms. The summed E-state index contributed by atoms with van der Waals surface area (Å²) in [7, 11) is 1.46. The highest BCUT2D eigenvalue weighted by molar-refractivity contribution is 5.98. The van der Waals surface area contributed by atoms with Crippen LogP contribution in [0.4, 0.5) is 11.4 Å². The summed E-state index contributed by atoms with van der Waals surface area (Å²) >= 11 is 0. The lowest BCUT2D eigenvalue weighted by Gasteiger charge is -2.32. The number of nitro benzene ring substituents is 1. The first-order valence-corrected chi connectivity index (χ1v) is 20.4. The Morgan fingerprint density at radius 2 is 1.52 bits per heavy atom. The van der Waals surface area contributed by atoms with Gasteiger partial charge in [-0.05, 0) is 24.3 Å². The highest BCUT2D eigenvalue weighted by Gasteiger charge is 2.44. The molecule has 1 aromatic rings. The summed E-state index contributed by atoms with van der Waals surface area (Å²) in [6.07, 6.45) is -4.40. The number of fused-ring (bicyclic) bond motifs is 1. The van der Waals surface area contributed by atoms with Gasteiger partial charge >= 0.3 is 5.69 Å². The average molecular weight is 908 g/mol. The van der Waals surface area contributed by atoms with E-state index in [0.29, 0.717) is 6.42 Å². The molecule has 2 aliphatic heterocycles. The molecular weight excluding hydrogens is 850 g/mol. The summed E-state index contributed by atoms with van der Waals surface area (Å²) in [5.74, 6) is -11.4. The average Bonchev–Trinajstić information content (AvgIpc) is 3.65. The van der Waals surface area contributed by atoms with Crippen LogP contribution in [0.2, 0.25) is 0 Å². The molecule has 26 heteroatoms. The SMILES string of the molecule is CC[C@H](C)C1NC(=O)CNC(=O)[C@H](CCc2cc([N+](=O)[O-])c(O)cc2NC)NC(=O)C(C(C)[C@@H](O)CO)NC(=O)[C@@H]2C[C@@H](O)CN2C(=O)[C@H](CC(N)=O)NC(=O)CNC(=O)CNC1=O. The molecular formula is C38H57N11O15. The number of phenols is 1. The van der Waals surface area contributed by atoms with Gasteiger partial charge in [-0.15, -0.1) is 0 Å². The Labute approximate surface area is 366 Å². The fourth-order valence-corrected chi connectivity index (χ4v) is 7.00. The van der Waals surface area contributed by atoms with Crippen molar-refractivity contribution in [2.75, 3.05) is 45.2 Å². The number of hydrogen-bond acceptors (Lipinski definition) is 16. The number of benzene rings is 1. The summed E-state index contributed by atoms with van der Waals surface area (Å²) in [6, 6.07) is -5.82. The van der Waals surface area contributed by atoms with Gasteiger partial charge in [0.25, 0.3) is 0 Å². The minimum absolute atomic E-state index is 0.197. The van der Waals surface area contributed by atoms with E-state index in [1.54, 1.807) is 13.8 Å². The Morgan fingerprint density at radius 1 is 0.891 bits per heavy atom. The van der Waals surface area contributed by atoms with Gasteiger partial charge in [0.1, 0.15) is 30.2 Å². The first-order chi connectivity index (χ1) is 30.1. The van der Waals surface area contributed by atoms with E-state index < -0.39 is 169 Å². The Morgan fingerprint density at radius 3 is 2.12 bits per heavy atom. The van der Waals surface area contributed by atoms with Gasteiger partial charge in [0.2, 0.25) is 53.2 Å². The van der Waals surface area contributed by atoms with Gasteiger partial charge in [-0.25, -0.2) is 0 Å². The quantitative estimate of drug-likeness (QED) is 0.0687. The number of primary amides is 1. The number of phenolic OH excluding ortho intramolecular Hbond substituents is 1. The van der Waals surface area contributed by atoms with E-state index in [1.165, 1.54) is 14.0 Å². The van der Waals surface area contributed by atoms with Crippen molar-refractivity contribution in [2.24, 2.45) is 17.6 Å². The van der Waals surface area contributed by atoms with Crippen molar-refractivity contribution in [1.29, 1.82) is 0 Å². The Kier molecular flexibility index (Phi) is 19.1. The number of carbonyl (C=O) groups is 9. The van der Waals surface area contributed by atoms with Gasteiger partial charge in [-0.2, -0.15) is 0 Å². The first-order valence-electron chi connectivity index (χ1n) is 20.4. The van der Waals surface area contributed by atoms with Crippen molar-refractivity contribution < 1.29 is 68.5 Å². The van der Waals surface area contributed by atoms with Crippen LogP contribution in [0.5, 0.6) is 5.75 Å². The number of anilines is 1. The van der Waals surface area contributed by atoms with E-state index in [1.807, 2.05) is 0 Å². The van der Waals surface area contributed by atoms with E-state index >= 15 is 0 Å². The number of nitrogens with zero attached hydrogens (tertiary/aromatic N) is 2. The normalized spacial score (nSPS) is 25.1. The number of nitrogens with one attached hydrogen (secondary N) is 8. The fourth-order valence-electron chi connectivity index (χ4n) is 7.00. The Bertz CT molecular complexity index is 1950. The molecule has 9 atom stereocenters. The minimum atomic E-state index is -1.80. The third-order valence-corrected chi connectivity index (χ3v) is 10.9. The van der Waals surface area contributed by atoms with E-state index in [2.05, 4.69) is 42.5 Å². The third-order valence-electron chi connectivity index (χ3n) is 10.9. The highest BCUT2D eigenvalue weighted by atomic mass is 16.6. The van der Waals surface area contributed by atoms with E-state index in [0.717, 1.165) is 17.0 Å². The molecule has 2 aliphatic rings. The van der Waals surface area contributed by atoms with Gasteiger partial charge < -0.3 is 73.6 Å². The molecule has 0 aliphatic carbocycles. The number of nitro groups is 1. The van der Waals surface area contributed by atoms with Crippen LogP contribution < -0.4 is 48.3 Å². The second-order valence-corrected chi connectivity index (χ2v) is 15.5. The molecule has 1 aromatic carbocycles. The third kappa shape index (κ3) is 14.2. The molecule has 26 nitrogen and oxygen atoms in total. The van der Waals surface area contributed by atoms with E-state index in [-0.39, 0.29) is 24.1 Å². The zero-order valence-electron chi connectivity index (χ0n) is 35.7. The maximum absolute atomic E-state index is 14.2. The zero-order valence-corrected chi connectivity index (χ0v) is 35.7. The van der Waals surface area contributed by atoms with Gasteiger partial charge in [0.15, 0.2) is 5.75 Å². The highest BCUT2D eigenvalue weighted by Crippen LogP contribution is 2.33. The summed E-state index contributed by atoms with van der Waals surface area (Å²) in [6.45, 7) is 0.999. The second-order valence-electron chi connectivity index (χ2n) is 15.5. The van der Waals surface area contributed by atoms with Crippen molar-refractivity contribution in [3.05, 3.63) is 27.8 Å². The smallest absolute Gasteiger partial charge is 0.311 e. The van der Waals surface area contributed by atoms with Gasteiger partial charge in [0.05, 0.1) is 49.8 Å². The van der Waals surface area contributed by atoms with Crippen molar-refractivity contribution in [2.45, 2.75) is 95.3 Å². The lowest BCUT2D eigenvalue weighted by Crippen LogP contribution is -2.61. The molecule has 3 unspecified atom stereocenters. The summed E-state index contributed by atoms with van der Waals surface area (Å²) < 4.78 is 0. The minimum Gasteiger partial charge on any atom is -0.502 e. The standard InChI is InChI=1S/C38H57N11O15/c1-5-17(2)32-36(60)43-12-29(55)41-13-30(56)44-23(11-28(39)54)38(62)48-15-20(51)9-25(48)35(59)47-33(18(3)27(53)16-50)37(61)45-21(34(58)42-14-31(57)46-32)7-6-19-8-24(49(63)64)26(52)10-22(19)40-4/h8,10,17-18,20-21,23,25,27,32-33,40,50-53H,5-7,9,11-16H2,1-4H3,(H2,39,54)(H,41,55)(H,42,58)(H,43,60)(H,44,56)(H,45,61)(H,46,57)(H,47,59)/t17-,18?,20+,21-,23-,25-,27-,32?,33?/m0/s1. The molecule has 14 N–H and O–H groups in total. The number of hydrogen-bond donors (Lipinski definition) is 13. The van der Waals surface area contributed by atoms with Crippen LogP contribution in [-0.2, 0) is 49.6 Å². The summed E-state index contributed by atoms with van der Waals surface area (Å²) in [5, 5.41) is 72.2. The number of aliphatic hydroxyl groups excluding tert-OH is 3. The van der Waals surface area contributed by atoms with Gasteiger partial charge in [0, 0.05) is 43.8 Å². The van der Waals surface area contributed by atoms with E-state index in [4.69, 9.17) is 5.73 Å². The van der Waals surface area contributed by atoms with Gasteiger partial charge in [-0.3, -0.25) is 53.3 Å². The number of amides is 9. The lowest BCUT2D eigenvalue weighted by atomic mass is 9.93. The molecule has 0 radical (unpaired) electrons. The predicted molar refractivity (Wildman–Crippen MR) is 221 cm³/mol. The van der Waals surface area contributed by atoms with Crippen LogP contribution in [-0.4, -0.2) is 166 Å². The van der Waals surface area contributed by atoms with Crippen LogP contribution in [0.15, 0.2) is 12.1 Å². The van der Waals surface area contributed by atoms with Crippen LogP contribution >= 0.6 is 0 Å². The van der Waals surface area contributed by atoms with Crippen LogP contribution in [0, 0.1) is 22.0 Å². The molecule has 0 saturated carbocycles. The summed E-state index contributed by atoms with van der Waals surface area (Å²) in [4.78, 5) is 132. The lowest BCUT2D eigenvalue weighted by molar-refractivity contribution is -0.385. The molecule has 2 heterocycles. The predicted octanol–water partition coefficient (Wildman–Crippen LogP) is -5.55. The molecule has 64 heavy (non-hydrogen) atoms. The summed E-state index contributed by atoms with van der Waals surface area (Å²) in [5.41, 5.74) is 5.10. The van der Waals surface area contributed by atoms with Crippen molar-refractivity contribution in [1.82, 2.24) is 42.1 Å². The Hall–Kier alpha value is -6.67. The number of aliphatic hydroxyl groups is 3. The zero-order chi connectivity index (χ0) is 48.0. The first kappa shape index (κ1) is 51.7. The van der Waals surface area contributed by atoms with Crippen LogP contribution in [0.1, 0.15) is 52.0 Å². The monoisotopic (exact) mass is 907 g/mol. The number of aryl methyl sites for hydroxylation is 1. The number of aromatic hydroxyl groups is 1. The molecule has 0 spiro atoms. The molecule has 354 valence electrons. The molecule has 3 rings (SSSR count). The maximum Gasteiger partial charge on any atom is 0.311 e. The van der Waals surface area contributed by atoms with Crippen LogP contribution in [0.3, 0.4) is 0 Å². The van der Waals surface area contributed by atoms with Crippen molar-refractivity contribution in [3.63, 3.8) is 0 Å². The second kappa shape index (κ2) is 23.7.